The second-order valence-electron chi connectivity index (χ2n) is 3.85. The maximum Gasteiger partial charge on any atom is 0.183 e. The number of ether oxygens (including phenoxy) is 1. The van der Waals surface area contributed by atoms with Crippen molar-refractivity contribution in [3.05, 3.63) is 46.5 Å². The molecule has 0 aliphatic heterocycles. The van der Waals surface area contributed by atoms with Gasteiger partial charge in [-0.3, -0.25) is 0 Å². The topological polar surface area (TPSA) is 34.1 Å². The molecule has 1 aromatic heterocycles. The number of aromatic nitrogens is 1. The average molecular weight is 248 g/mol. The van der Waals surface area contributed by atoms with Crippen LogP contribution in [0, 0.1) is 6.92 Å². The molecular formula is C13H16N2OS. The molecular weight excluding hydrogens is 232 g/mol. The Kier molecular flexibility index (Phi) is 4.12. The number of thiazole rings is 1. The Balaban J connectivity index is 2.03. The standard InChI is InChI=1S/C13H16N2OS/c1-10-9-17-13(15-10)14-7-11-5-3-4-6-12(11)8-16-2/h3-6,9H,7-8H2,1-2H3,(H,14,15). The highest BCUT2D eigenvalue weighted by Gasteiger charge is 2.02. The van der Waals surface area contributed by atoms with Crippen LogP contribution in [0.4, 0.5) is 5.13 Å². The van der Waals surface area contributed by atoms with E-state index < -0.39 is 0 Å². The van der Waals surface area contributed by atoms with E-state index >= 15 is 0 Å². The SMILES string of the molecule is COCc1ccccc1CNc1nc(C)cs1. The van der Waals surface area contributed by atoms with E-state index in [1.165, 1.54) is 11.1 Å². The first kappa shape index (κ1) is 12.1. The molecule has 0 saturated carbocycles. The van der Waals surface area contributed by atoms with Crippen LogP contribution in [0.15, 0.2) is 29.6 Å². The van der Waals surface area contributed by atoms with Gasteiger partial charge in [0, 0.05) is 19.0 Å². The van der Waals surface area contributed by atoms with Gasteiger partial charge >= 0.3 is 0 Å². The zero-order chi connectivity index (χ0) is 12.1. The largest absolute Gasteiger partial charge is 0.380 e. The van der Waals surface area contributed by atoms with Gasteiger partial charge in [-0.15, -0.1) is 11.3 Å². The predicted octanol–water partition coefficient (Wildman–Crippen LogP) is 3.21. The quantitative estimate of drug-likeness (QED) is 0.882. The maximum absolute atomic E-state index is 5.18. The first-order valence-electron chi connectivity index (χ1n) is 5.51. The number of methoxy groups -OCH3 is 1. The van der Waals surface area contributed by atoms with Crippen molar-refractivity contribution in [3.8, 4) is 0 Å². The maximum atomic E-state index is 5.18. The molecule has 2 aromatic rings. The minimum Gasteiger partial charge on any atom is -0.380 e. The lowest BCUT2D eigenvalue weighted by molar-refractivity contribution is 0.184. The van der Waals surface area contributed by atoms with Crippen LogP contribution in [0.1, 0.15) is 16.8 Å². The molecule has 4 heteroatoms. The fourth-order valence-corrected chi connectivity index (χ4v) is 2.32. The average Bonchev–Trinajstić information content (AvgIpc) is 2.74. The molecule has 0 aliphatic rings. The molecule has 90 valence electrons. The summed E-state index contributed by atoms with van der Waals surface area (Å²) in [4.78, 5) is 4.38. The molecule has 0 aliphatic carbocycles. The summed E-state index contributed by atoms with van der Waals surface area (Å²) >= 11 is 1.63. The number of rotatable bonds is 5. The van der Waals surface area contributed by atoms with E-state index in [-0.39, 0.29) is 0 Å². The number of aryl methyl sites for hydroxylation is 1. The smallest absolute Gasteiger partial charge is 0.183 e. The summed E-state index contributed by atoms with van der Waals surface area (Å²) in [6.45, 7) is 3.43. The molecule has 0 spiro atoms. The fraction of sp³-hybridized carbons (Fsp3) is 0.308. The van der Waals surface area contributed by atoms with Gasteiger partial charge in [-0.1, -0.05) is 24.3 Å². The molecule has 17 heavy (non-hydrogen) atoms. The van der Waals surface area contributed by atoms with E-state index in [4.69, 9.17) is 4.74 Å². The van der Waals surface area contributed by atoms with Crippen LogP contribution in [0.5, 0.6) is 0 Å². The third kappa shape index (κ3) is 3.28. The van der Waals surface area contributed by atoms with Gasteiger partial charge < -0.3 is 10.1 Å². The third-order valence-electron chi connectivity index (χ3n) is 2.47. The Hall–Kier alpha value is -1.39. The van der Waals surface area contributed by atoms with E-state index in [9.17, 15) is 0 Å². The zero-order valence-electron chi connectivity index (χ0n) is 10.1. The molecule has 2 rings (SSSR count). The molecule has 0 fully saturated rings. The van der Waals surface area contributed by atoms with Crippen LogP contribution in [-0.4, -0.2) is 12.1 Å². The Morgan fingerprint density at radius 1 is 1.29 bits per heavy atom. The van der Waals surface area contributed by atoms with E-state index in [0.717, 1.165) is 17.4 Å². The van der Waals surface area contributed by atoms with Crippen molar-refractivity contribution in [1.82, 2.24) is 4.98 Å². The number of nitrogens with zero attached hydrogens (tertiary/aromatic N) is 1. The van der Waals surface area contributed by atoms with E-state index in [1.807, 2.05) is 24.4 Å². The number of hydrogen-bond acceptors (Lipinski definition) is 4. The molecule has 1 aromatic carbocycles. The summed E-state index contributed by atoms with van der Waals surface area (Å²) in [5.41, 5.74) is 3.53. The van der Waals surface area contributed by atoms with Crippen LogP contribution < -0.4 is 5.32 Å². The van der Waals surface area contributed by atoms with Crippen LogP contribution in [-0.2, 0) is 17.9 Å². The molecule has 0 radical (unpaired) electrons. The number of benzene rings is 1. The van der Waals surface area contributed by atoms with Crippen LogP contribution in [0.3, 0.4) is 0 Å². The van der Waals surface area contributed by atoms with Gasteiger partial charge in [0.05, 0.1) is 12.3 Å². The highest BCUT2D eigenvalue weighted by atomic mass is 32.1. The van der Waals surface area contributed by atoms with Gasteiger partial charge in [0.1, 0.15) is 0 Å². The monoisotopic (exact) mass is 248 g/mol. The molecule has 0 bridgehead atoms. The lowest BCUT2D eigenvalue weighted by Crippen LogP contribution is -2.03. The second kappa shape index (κ2) is 5.80. The zero-order valence-corrected chi connectivity index (χ0v) is 10.9. The van der Waals surface area contributed by atoms with Crippen molar-refractivity contribution >= 4 is 16.5 Å². The van der Waals surface area contributed by atoms with Crippen LogP contribution in [0.25, 0.3) is 0 Å². The van der Waals surface area contributed by atoms with Gasteiger partial charge in [0.15, 0.2) is 5.13 Å². The summed E-state index contributed by atoms with van der Waals surface area (Å²) in [7, 11) is 1.72. The summed E-state index contributed by atoms with van der Waals surface area (Å²) < 4.78 is 5.18. The molecule has 1 heterocycles. The first-order valence-corrected chi connectivity index (χ1v) is 6.39. The first-order chi connectivity index (χ1) is 8.29. The minimum atomic E-state index is 0.648. The molecule has 3 nitrogen and oxygen atoms in total. The molecule has 0 saturated heterocycles. The summed E-state index contributed by atoms with van der Waals surface area (Å²) in [6, 6.07) is 8.28. The Morgan fingerprint density at radius 3 is 2.71 bits per heavy atom. The summed E-state index contributed by atoms with van der Waals surface area (Å²) in [5.74, 6) is 0. The summed E-state index contributed by atoms with van der Waals surface area (Å²) in [5, 5.41) is 6.34. The van der Waals surface area contributed by atoms with Gasteiger partial charge in [-0.2, -0.15) is 0 Å². The van der Waals surface area contributed by atoms with Gasteiger partial charge in [-0.25, -0.2) is 4.98 Å². The normalized spacial score (nSPS) is 10.5. The van der Waals surface area contributed by atoms with Gasteiger partial charge in [-0.05, 0) is 18.1 Å². The van der Waals surface area contributed by atoms with E-state index in [1.54, 1.807) is 18.4 Å². The fourth-order valence-electron chi connectivity index (χ4n) is 1.63. The Bertz CT molecular complexity index is 482. The lowest BCUT2D eigenvalue weighted by atomic mass is 10.1. The van der Waals surface area contributed by atoms with Crippen molar-refractivity contribution in [3.63, 3.8) is 0 Å². The minimum absolute atomic E-state index is 0.648. The highest BCUT2D eigenvalue weighted by Crippen LogP contribution is 2.17. The van der Waals surface area contributed by atoms with Crippen molar-refractivity contribution in [1.29, 1.82) is 0 Å². The summed E-state index contributed by atoms with van der Waals surface area (Å²) in [6.07, 6.45) is 0. The third-order valence-corrected chi connectivity index (χ3v) is 3.39. The number of nitrogens with one attached hydrogen (secondary N) is 1. The Labute approximate surface area is 105 Å². The van der Waals surface area contributed by atoms with Crippen LogP contribution >= 0.6 is 11.3 Å². The molecule has 0 atom stereocenters. The number of anilines is 1. The van der Waals surface area contributed by atoms with Crippen molar-refractivity contribution in [2.24, 2.45) is 0 Å². The van der Waals surface area contributed by atoms with Crippen molar-refractivity contribution in [2.75, 3.05) is 12.4 Å². The lowest BCUT2D eigenvalue weighted by Gasteiger charge is -2.09. The highest BCUT2D eigenvalue weighted by molar-refractivity contribution is 7.13. The Morgan fingerprint density at radius 2 is 2.06 bits per heavy atom. The molecule has 0 unspecified atom stereocenters. The van der Waals surface area contributed by atoms with Crippen LogP contribution in [0.2, 0.25) is 0 Å². The van der Waals surface area contributed by atoms with Crippen molar-refractivity contribution in [2.45, 2.75) is 20.1 Å². The number of hydrogen-bond donors (Lipinski definition) is 1. The van der Waals surface area contributed by atoms with Crippen molar-refractivity contribution < 1.29 is 4.74 Å². The molecule has 0 amide bonds. The predicted molar refractivity (Wildman–Crippen MR) is 71.3 cm³/mol. The van der Waals surface area contributed by atoms with Gasteiger partial charge in [0.25, 0.3) is 0 Å². The van der Waals surface area contributed by atoms with E-state index in [0.29, 0.717) is 6.61 Å². The van der Waals surface area contributed by atoms with Gasteiger partial charge in [0.2, 0.25) is 0 Å². The van der Waals surface area contributed by atoms with E-state index in [2.05, 4.69) is 22.4 Å². The molecule has 1 N–H and O–H groups in total. The second-order valence-corrected chi connectivity index (χ2v) is 4.71.